The van der Waals surface area contributed by atoms with Crippen molar-refractivity contribution in [3.05, 3.63) is 46.3 Å². The van der Waals surface area contributed by atoms with Crippen molar-refractivity contribution >= 4 is 28.8 Å². The van der Waals surface area contributed by atoms with Crippen LogP contribution >= 0.6 is 22.9 Å². The summed E-state index contributed by atoms with van der Waals surface area (Å²) in [6.07, 6.45) is 0. The molecule has 2 aromatic heterocycles. The number of halogens is 1. The normalized spacial score (nSPS) is 12.4. The standard InChI is InChI=1S/C13H15ClN2S/c1-10(12-6-4-8-17-12)16(2)13-7-3-5-11(9-14)15-13/h3-8,10H,9H2,1-2H3. The monoisotopic (exact) mass is 266 g/mol. The molecule has 0 aliphatic heterocycles. The Balaban J connectivity index is 2.21. The van der Waals surface area contributed by atoms with E-state index in [1.54, 1.807) is 11.3 Å². The SMILES string of the molecule is CC(c1cccs1)N(C)c1cccc(CCl)n1. The fraction of sp³-hybridized carbons (Fsp3) is 0.308. The van der Waals surface area contributed by atoms with E-state index in [2.05, 4.69) is 41.4 Å². The van der Waals surface area contributed by atoms with Gasteiger partial charge in [-0.3, -0.25) is 0 Å². The van der Waals surface area contributed by atoms with Gasteiger partial charge in [0, 0.05) is 11.9 Å². The van der Waals surface area contributed by atoms with Crippen LogP contribution < -0.4 is 4.90 Å². The highest BCUT2D eigenvalue weighted by Crippen LogP contribution is 2.27. The summed E-state index contributed by atoms with van der Waals surface area (Å²) in [5, 5.41) is 2.10. The van der Waals surface area contributed by atoms with Gasteiger partial charge in [0.15, 0.2) is 0 Å². The molecule has 4 heteroatoms. The number of nitrogens with zero attached hydrogens (tertiary/aromatic N) is 2. The second kappa shape index (κ2) is 5.52. The number of anilines is 1. The van der Waals surface area contributed by atoms with E-state index >= 15 is 0 Å². The van der Waals surface area contributed by atoms with Gasteiger partial charge in [0.25, 0.3) is 0 Å². The van der Waals surface area contributed by atoms with Gasteiger partial charge in [-0.05, 0) is 30.5 Å². The van der Waals surface area contributed by atoms with Crippen molar-refractivity contribution in [3.8, 4) is 0 Å². The molecule has 17 heavy (non-hydrogen) atoms. The first kappa shape index (κ1) is 12.4. The molecule has 2 rings (SSSR count). The van der Waals surface area contributed by atoms with E-state index in [-0.39, 0.29) is 0 Å². The summed E-state index contributed by atoms with van der Waals surface area (Å²) in [4.78, 5) is 8.03. The van der Waals surface area contributed by atoms with Crippen molar-refractivity contribution in [3.63, 3.8) is 0 Å². The summed E-state index contributed by atoms with van der Waals surface area (Å²) in [5.74, 6) is 1.42. The zero-order chi connectivity index (χ0) is 12.3. The minimum atomic E-state index is 0.327. The largest absolute Gasteiger partial charge is 0.352 e. The maximum atomic E-state index is 5.80. The number of hydrogen-bond donors (Lipinski definition) is 0. The number of pyridine rings is 1. The summed E-state index contributed by atoms with van der Waals surface area (Å²) in [6, 6.07) is 10.5. The molecule has 90 valence electrons. The highest BCUT2D eigenvalue weighted by atomic mass is 35.5. The zero-order valence-corrected chi connectivity index (χ0v) is 11.5. The maximum Gasteiger partial charge on any atom is 0.129 e. The van der Waals surface area contributed by atoms with Gasteiger partial charge in [-0.1, -0.05) is 12.1 Å². The van der Waals surface area contributed by atoms with Crippen LogP contribution in [0, 0.1) is 0 Å². The molecule has 0 spiro atoms. The Hall–Kier alpha value is -1.06. The third kappa shape index (κ3) is 2.79. The third-order valence-corrected chi connectivity index (χ3v) is 4.14. The minimum Gasteiger partial charge on any atom is -0.352 e. The Kier molecular flexibility index (Phi) is 4.02. The molecule has 0 amide bonds. The van der Waals surface area contributed by atoms with E-state index in [4.69, 9.17) is 11.6 Å². The van der Waals surface area contributed by atoms with Crippen molar-refractivity contribution < 1.29 is 0 Å². The smallest absolute Gasteiger partial charge is 0.129 e. The molecular weight excluding hydrogens is 252 g/mol. The molecule has 1 unspecified atom stereocenters. The molecular formula is C13H15ClN2S. The molecule has 2 heterocycles. The molecule has 1 atom stereocenters. The number of aromatic nitrogens is 1. The molecule has 0 saturated carbocycles. The minimum absolute atomic E-state index is 0.327. The lowest BCUT2D eigenvalue weighted by molar-refractivity contribution is 0.740. The topological polar surface area (TPSA) is 16.1 Å². The Bertz CT molecular complexity index is 470. The van der Waals surface area contributed by atoms with Crippen molar-refractivity contribution in [2.75, 3.05) is 11.9 Å². The maximum absolute atomic E-state index is 5.80. The quantitative estimate of drug-likeness (QED) is 0.776. The van der Waals surface area contributed by atoms with Crippen molar-refractivity contribution in [1.82, 2.24) is 4.98 Å². The van der Waals surface area contributed by atoms with Crippen molar-refractivity contribution in [2.45, 2.75) is 18.8 Å². The molecule has 0 N–H and O–H groups in total. The Morgan fingerprint density at radius 3 is 2.82 bits per heavy atom. The highest BCUT2D eigenvalue weighted by molar-refractivity contribution is 7.10. The van der Waals surface area contributed by atoms with Gasteiger partial charge in [0.2, 0.25) is 0 Å². The van der Waals surface area contributed by atoms with Gasteiger partial charge in [-0.2, -0.15) is 0 Å². The van der Waals surface area contributed by atoms with Crippen LogP contribution in [0.1, 0.15) is 23.5 Å². The van der Waals surface area contributed by atoms with Gasteiger partial charge in [-0.15, -0.1) is 22.9 Å². The highest BCUT2D eigenvalue weighted by Gasteiger charge is 2.14. The van der Waals surface area contributed by atoms with Crippen LogP contribution in [0.2, 0.25) is 0 Å². The Morgan fingerprint density at radius 2 is 2.18 bits per heavy atom. The molecule has 0 aliphatic carbocycles. The molecule has 0 bridgehead atoms. The predicted molar refractivity (Wildman–Crippen MR) is 74.9 cm³/mol. The molecule has 2 nitrogen and oxygen atoms in total. The van der Waals surface area contributed by atoms with Crippen LogP contribution in [-0.2, 0) is 5.88 Å². The van der Waals surface area contributed by atoms with Gasteiger partial charge in [-0.25, -0.2) is 4.98 Å². The summed E-state index contributed by atoms with van der Waals surface area (Å²) in [5.41, 5.74) is 0.911. The predicted octanol–water partition coefficient (Wildman–Crippen LogP) is 4.08. The molecule has 0 radical (unpaired) electrons. The Labute approximate surface area is 111 Å². The van der Waals surface area contributed by atoms with Crippen molar-refractivity contribution in [1.29, 1.82) is 0 Å². The lowest BCUT2D eigenvalue weighted by Gasteiger charge is -2.25. The van der Waals surface area contributed by atoms with E-state index in [0.29, 0.717) is 11.9 Å². The van der Waals surface area contributed by atoms with E-state index in [9.17, 15) is 0 Å². The number of thiophene rings is 1. The lowest BCUT2D eigenvalue weighted by atomic mass is 10.2. The first-order valence-electron chi connectivity index (χ1n) is 5.50. The zero-order valence-electron chi connectivity index (χ0n) is 9.93. The van der Waals surface area contributed by atoms with Crippen LogP contribution in [-0.4, -0.2) is 12.0 Å². The Morgan fingerprint density at radius 1 is 1.35 bits per heavy atom. The third-order valence-electron chi connectivity index (χ3n) is 2.83. The number of rotatable bonds is 4. The van der Waals surface area contributed by atoms with Crippen LogP contribution in [0.25, 0.3) is 0 Å². The van der Waals surface area contributed by atoms with E-state index < -0.39 is 0 Å². The molecule has 0 saturated heterocycles. The summed E-state index contributed by atoms with van der Waals surface area (Å²) in [6.45, 7) is 2.18. The summed E-state index contributed by atoms with van der Waals surface area (Å²) in [7, 11) is 2.06. The first-order chi connectivity index (χ1) is 8.22. The van der Waals surface area contributed by atoms with E-state index in [1.165, 1.54) is 4.88 Å². The summed E-state index contributed by atoms with van der Waals surface area (Å²) < 4.78 is 0. The van der Waals surface area contributed by atoms with Gasteiger partial charge in [0.1, 0.15) is 5.82 Å². The van der Waals surface area contributed by atoms with Gasteiger partial charge in [0.05, 0.1) is 17.6 Å². The van der Waals surface area contributed by atoms with Crippen LogP contribution in [0.3, 0.4) is 0 Å². The fourth-order valence-corrected chi connectivity index (χ4v) is 2.63. The van der Waals surface area contributed by atoms with Crippen molar-refractivity contribution in [2.24, 2.45) is 0 Å². The van der Waals surface area contributed by atoms with Crippen LogP contribution in [0.5, 0.6) is 0 Å². The molecule has 0 aromatic carbocycles. The first-order valence-corrected chi connectivity index (χ1v) is 6.92. The molecule has 2 aromatic rings. The summed E-state index contributed by atoms with van der Waals surface area (Å²) >= 11 is 7.57. The van der Waals surface area contributed by atoms with Crippen LogP contribution in [0.4, 0.5) is 5.82 Å². The average Bonchev–Trinajstić information content (AvgIpc) is 2.91. The molecule has 0 aliphatic rings. The number of alkyl halides is 1. The van der Waals surface area contributed by atoms with E-state index in [1.807, 2.05) is 18.2 Å². The molecule has 0 fully saturated rings. The second-order valence-electron chi connectivity index (χ2n) is 3.92. The van der Waals surface area contributed by atoms with Crippen LogP contribution in [0.15, 0.2) is 35.7 Å². The second-order valence-corrected chi connectivity index (χ2v) is 5.17. The number of hydrogen-bond acceptors (Lipinski definition) is 3. The lowest BCUT2D eigenvalue weighted by Crippen LogP contribution is -2.22. The van der Waals surface area contributed by atoms with Gasteiger partial charge >= 0.3 is 0 Å². The van der Waals surface area contributed by atoms with E-state index in [0.717, 1.165) is 11.5 Å². The van der Waals surface area contributed by atoms with Gasteiger partial charge < -0.3 is 4.90 Å². The average molecular weight is 267 g/mol. The fourth-order valence-electron chi connectivity index (χ4n) is 1.66.